The van der Waals surface area contributed by atoms with Crippen molar-refractivity contribution in [3.63, 3.8) is 0 Å². The highest BCUT2D eigenvalue weighted by Gasteiger charge is 2.39. The second kappa shape index (κ2) is 6.88. The molecule has 4 nitrogen and oxygen atoms in total. The molecule has 0 aliphatic heterocycles. The van der Waals surface area contributed by atoms with E-state index in [1.165, 1.54) is 13.2 Å². The summed E-state index contributed by atoms with van der Waals surface area (Å²) in [5.41, 5.74) is -0.275. The fourth-order valence-electron chi connectivity index (χ4n) is 1.93. The molecule has 0 saturated carbocycles. The number of ether oxygens (including phenoxy) is 1. The van der Waals surface area contributed by atoms with Crippen LogP contribution < -0.4 is 0 Å². The molecule has 0 fully saturated rings. The van der Waals surface area contributed by atoms with Crippen molar-refractivity contribution < 1.29 is 19.4 Å². The summed E-state index contributed by atoms with van der Waals surface area (Å²) >= 11 is 0. The summed E-state index contributed by atoms with van der Waals surface area (Å²) < 4.78 is 4.69. The molecule has 0 aliphatic carbocycles. The van der Waals surface area contributed by atoms with Crippen LogP contribution in [0.25, 0.3) is 5.76 Å². The van der Waals surface area contributed by atoms with Crippen LogP contribution in [-0.2, 0) is 14.3 Å². The Bertz CT molecular complexity index is 555. The Morgan fingerprint density at radius 2 is 1.86 bits per heavy atom. The largest absolute Gasteiger partial charge is 0.507 e. The number of allylic oxidation sites excluding steroid dienone is 2. The summed E-state index contributed by atoms with van der Waals surface area (Å²) in [7, 11) is 1.22. The van der Waals surface area contributed by atoms with E-state index in [0.717, 1.165) is 6.08 Å². The van der Waals surface area contributed by atoms with E-state index in [9.17, 15) is 14.7 Å². The lowest BCUT2D eigenvalue weighted by molar-refractivity contribution is -0.151. The summed E-state index contributed by atoms with van der Waals surface area (Å²) in [5.74, 6) is -2.41. The number of aliphatic hydroxyl groups is 1. The van der Waals surface area contributed by atoms with E-state index in [0.29, 0.717) is 5.56 Å². The molecular weight excluding hydrogens is 268 g/mol. The number of carbonyl (C=O) groups is 2. The van der Waals surface area contributed by atoms with Crippen LogP contribution in [0.3, 0.4) is 0 Å². The van der Waals surface area contributed by atoms with Gasteiger partial charge in [0.2, 0.25) is 0 Å². The van der Waals surface area contributed by atoms with E-state index >= 15 is 0 Å². The highest BCUT2D eigenvalue weighted by molar-refractivity contribution is 6.08. The number of benzene rings is 1. The lowest BCUT2D eigenvalue weighted by Gasteiger charge is -2.27. The van der Waals surface area contributed by atoms with Crippen molar-refractivity contribution in [1.29, 1.82) is 0 Å². The molecule has 0 bridgehead atoms. The minimum absolute atomic E-state index is 0.186. The summed E-state index contributed by atoms with van der Waals surface area (Å²) in [6.07, 6.45) is 2.59. The van der Waals surface area contributed by atoms with Crippen LogP contribution in [0.1, 0.15) is 19.4 Å². The quantitative estimate of drug-likeness (QED) is 0.287. The second-order valence-electron chi connectivity index (χ2n) is 5.28. The van der Waals surface area contributed by atoms with Crippen molar-refractivity contribution >= 4 is 17.5 Å². The van der Waals surface area contributed by atoms with Crippen LogP contribution in [0, 0.1) is 11.3 Å². The zero-order valence-electron chi connectivity index (χ0n) is 12.5. The van der Waals surface area contributed by atoms with Crippen molar-refractivity contribution in [3.05, 3.63) is 54.6 Å². The molecule has 0 amide bonds. The Morgan fingerprint density at radius 1 is 1.29 bits per heavy atom. The molecule has 1 rings (SSSR count). The SMILES string of the molecule is C=CC(C)(C)C(C(=O)/C=C(\O)c1ccccc1)C(=O)OC. The molecule has 0 aliphatic rings. The smallest absolute Gasteiger partial charge is 0.317 e. The average molecular weight is 288 g/mol. The number of rotatable bonds is 6. The number of carbonyl (C=O) groups excluding carboxylic acids is 2. The molecule has 1 unspecified atom stereocenters. The van der Waals surface area contributed by atoms with E-state index in [-0.39, 0.29) is 5.76 Å². The number of hydrogen-bond donors (Lipinski definition) is 1. The van der Waals surface area contributed by atoms with Crippen LogP contribution in [0.15, 0.2) is 49.1 Å². The van der Waals surface area contributed by atoms with Gasteiger partial charge in [0.05, 0.1) is 7.11 Å². The first kappa shape index (κ1) is 16.7. The maximum Gasteiger partial charge on any atom is 0.317 e. The van der Waals surface area contributed by atoms with Gasteiger partial charge < -0.3 is 9.84 Å². The Kier molecular flexibility index (Phi) is 5.47. The summed E-state index contributed by atoms with van der Waals surface area (Å²) in [6.45, 7) is 7.08. The third-order valence-corrected chi connectivity index (χ3v) is 3.34. The highest BCUT2D eigenvalue weighted by Crippen LogP contribution is 2.30. The Labute approximate surface area is 124 Å². The molecule has 1 atom stereocenters. The number of aliphatic hydroxyl groups excluding tert-OH is 1. The predicted molar refractivity (Wildman–Crippen MR) is 81.5 cm³/mol. The number of methoxy groups -OCH3 is 1. The van der Waals surface area contributed by atoms with Crippen LogP contribution in [0.4, 0.5) is 0 Å². The van der Waals surface area contributed by atoms with Crippen LogP contribution in [-0.4, -0.2) is 24.0 Å². The molecule has 0 radical (unpaired) electrons. The zero-order valence-corrected chi connectivity index (χ0v) is 12.5. The van der Waals surface area contributed by atoms with Crippen molar-refractivity contribution in [2.24, 2.45) is 11.3 Å². The fourth-order valence-corrected chi connectivity index (χ4v) is 1.93. The molecule has 1 N–H and O–H groups in total. The molecule has 0 saturated heterocycles. The van der Waals surface area contributed by atoms with Crippen LogP contribution >= 0.6 is 0 Å². The van der Waals surface area contributed by atoms with E-state index in [1.54, 1.807) is 44.2 Å². The molecule has 0 aromatic heterocycles. The van der Waals surface area contributed by atoms with E-state index < -0.39 is 23.1 Å². The predicted octanol–water partition coefficient (Wildman–Crippen LogP) is 3.16. The third-order valence-electron chi connectivity index (χ3n) is 3.34. The van der Waals surface area contributed by atoms with Crippen LogP contribution in [0.5, 0.6) is 0 Å². The molecule has 0 spiro atoms. The molecular formula is C17H20O4. The first-order chi connectivity index (χ1) is 9.83. The van der Waals surface area contributed by atoms with Crippen molar-refractivity contribution in [3.8, 4) is 0 Å². The van der Waals surface area contributed by atoms with E-state index in [4.69, 9.17) is 4.74 Å². The standard InChI is InChI=1S/C17H20O4/c1-5-17(2,3)15(16(20)21-4)14(19)11-13(18)12-9-7-6-8-10-12/h5-11,15,18H,1H2,2-4H3/b13-11-. The molecule has 112 valence electrons. The Morgan fingerprint density at radius 3 is 2.33 bits per heavy atom. The van der Waals surface area contributed by atoms with E-state index in [1.807, 2.05) is 0 Å². The Balaban J connectivity index is 3.13. The van der Waals surface area contributed by atoms with Gasteiger partial charge in [0.25, 0.3) is 0 Å². The van der Waals surface area contributed by atoms with Gasteiger partial charge in [0, 0.05) is 17.1 Å². The number of hydrogen-bond acceptors (Lipinski definition) is 4. The topological polar surface area (TPSA) is 63.6 Å². The maximum atomic E-state index is 12.3. The van der Waals surface area contributed by atoms with Gasteiger partial charge in [-0.3, -0.25) is 9.59 Å². The normalized spacial score (nSPS) is 13.4. The third kappa shape index (κ3) is 4.05. The van der Waals surface area contributed by atoms with Crippen LogP contribution in [0.2, 0.25) is 0 Å². The molecule has 21 heavy (non-hydrogen) atoms. The van der Waals surface area contributed by atoms with Gasteiger partial charge in [-0.25, -0.2) is 0 Å². The van der Waals surface area contributed by atoms with Gasteiger partial charge in [0.15, 0.2) is 5.78 Å². The molecule has 1 aromatic rings. The van der Waals surface area contributed by atoms with Gasteiger partial charge in [0.1, 0.15) is 11.7 Å². The van der Waals surface area contributed by atoms with Gasteiger partial charge in [-0.05, 0) is 0 Å². The Hall–Kier alpha value is -2.36. The van der Waals surface area contributed by atoms with Gasteiger partial charge >= 0.3 is 5.97 Å². The number of ketones is 1. The molecule has 4 heteroatoms. The van der Waals surface area contributed by atoms with Gasteiger partial charge in [-0.1, -0.05) is 50.3 Å². The minimum atomic E-state index is -1.05. The monoisotopic (exact) mass is 288 g/mol. The second-order valence-corrected chi connectivity index (χ2v) is 5.28. The summed E-state index contributed by atoms with van der Waals surface area (Å²) in [6, 6.07) is 8.64. The first-order valence-corrected chi connectivity index (χ1v) is 6.55. The highest BCUT2D eigenvalue weighted by atomic mass is 16.5. The van der Waals surface area contributed by atoms with Crippen molar-refractivity contribution in [1.82, 2.24) is 0 Å². The van der Waals surface area contributed by atoms with Crippen molar-refractivity contribution in [2.45, 2.75) is 13.8 Å². The lowest BCUT2D eigenvalue weighted by Crippen LogP contribution is -2.36. The molecule has 1 aromatic carbocycles. The summed E-state index contributed by atoms with van der Waals surface area (Å²) in [5, 5.41) is 10.00. The lowest BCUT2D eigenvalue weighted by atomic mass is 9.76. The maximum absolute atomic E-state index is 12.3. The van der Waals surface area contributed by atoms with E-state index in [2.05, 4.69) is 6.58 Å². The zero-order chi connectivity index (χ0) is 16.0. The van der Waals surface area contributed by atoms with Crippen molar-refractivity contribution in [2.75, 3.05) is 7.11 Å². The average Bonchev–Trinajstić information content (AvgIpc) is 2.47. The fraction of sp³-hybridized carbons (Fsp3) is 0.294. The minimum Gasteiger partial charge on any atom is -0.507 e. The number of esters is 1. The molecule has 0 heterocycles. The van der Waals surface area contributed by atoms with Gasteiger partial charge in [-0.2, -0.15) is 0 Å². The summed E-state index contributed by atoms with van der Waals surface area (Å²) in [4.78, 5) is 24.2. The van der Waals surface area contributed by atoms with Gasteiger partial charge in [-0.15, -0.1) is 6.58 Å². The first-order valence-electron chi connectivity index (χ1n) is 6.55.